The number of esters is 2. The monoisotopic (exact) mass is 641 g/mol. The van der Waals surface area contributed by atoms with E-state index in [9.17, 15) is 9.59 Å². The molecule has 0 atom stereocenters. The number of unbranched alkanes of at least 4 members (excludes halogenated alkanes) is 2. The number of fused-ring (bicyclic) bond motifs is 3. The molecule has 0 spiro atoms. The van der Waals surface area contributed by atoms with Crippen molar-refractivity contribution >= 4 is 29.0 Å². The van der Waals surface area contributed by atoms with Gasteiger partial charge in [0.1, 0.15) is 0 Å². The Morgan fingerprint density at radius 1 is 0.604 bits per heavy atom. The molecule has 0 fully saturated rings. The molecule has 0 aromatic heterocycles. The van der Waals surface area contributed by atoms with Gasteiger partial charge in [-0.3, -0.25) is 0 Å². The fourth-order valence-corrected chi connectivity index (χ4v) is 6.71. The highest BCUT2D eigenvalue weighted by Crippen LogP contribution is 2.55. The topological polar surface area (TPSA) is 55.8 Å². The molecule has 48 heavy (non-hydrogen) atoms. The van der Waals surface area contributed by atoms with Gasteiger partial charge in [0.25, 0.3) is 0 Å². The van der Waals surface area contributed by atoms with Crippen molar-refractivity contribution in [3.63, 3.8) is 0 Å². The van der Waals surface area contributed by atoms with E-state index < -0.39 is 0 Å². The van der Waals surface area contributed by atoms with Gasteiger partial charge in [-0.2, -0.15) is 0 Å². The summed E-state index contributed by atoms with van der Waals surface area (Å²) in [6.45, 7) is 15.7. The van der Waals surface area contributed by atoms with Gasteiger partial charge in [-0.25, -0.2) is 9.59 Å². The van der Waals surface area contributed by atoms with Gasteiger partial charge in [-0.05, 0) is 125 Å². The first kappa shape index (κ1) is 34.4. The van der Waals surface area contributed by atoms with E-state index in [1.54, 1.807) is 13.8 Å². The second-order valence-corrected chi connectivity index (χ2v) is 13.1. The van der Waals surface area contributed by atoms with Gasteiger partial charge in [-0.1, -0.05) is 78.9 Å². The molecule has 4 aromatic carbocycles. The summed E-state index contributed by atoms with van der Waals surface area (Å²) >= 11 is 0. The van der Waals surface area contributed by atoms with Crippen LogP contribution in [0, 0.1) is 13.8 Å². The highest BCUT2D eigenvalue weighted by molar-refractivity contribution is 5.88. The van der Waals surface area contributed by atoms with Crippen LogP contribution in [0.4, 0.5) is 17.1 Å². The molecule has 1 aliphatic rings. The van der Waals surface area contributed by atoms with E-state index in [0.29, 0.717) is 24.4 Å². The summed E-state index contributed by atoms with van der Waals surface area (Å²) in [5.74, 6) is -0.690. The maximum absolute atomic E-state index is 12.1. The highest BCUT2D eigenvalue weighted by atomic mass is 16.5. The van der Waals surface area contributed by atoms with Crippen LogP contribution >= 0.6 is 0 Å². The van der Waals surface area contributed by atoms with Gasteiger partial charge in [0, 0.05) is 33.6 Å². The summed E-state index contributed by atoms with van der Waals surface area (Å²) < 4.78 is 10.9. The smallest absolute Gasteiger partial charge is 0.333 e. The summed E-state index contributed by atoms with van der Waals surface area (Å²) in [5.41, 5.74) is 11.5. The number of hydrogen-bond acceptors (Lipinski definition) is 5. The van der Waals surface area contributed by atoms with E-state index in [0.717, 1.165) is 55.6 Å². The van der Waals surface area contributed by atoms with Crippen molar-refractivity contribution < 1.29 is 19.1 Å². The number of anilines is 3. The Labute approximate surface area is 285 Å². The molecule has 4 aromatic rings. The standard InChI is InChI=1S/C43H47NO4/c1-30(2)41(45)47-27-11-9-25-43(26-10-12-28-48-42(46)31(3)4)39-14-8-7-13-37(39)38-24-23-36(29-40(38)43)44(34-19-15-32(5)16-20-34)35-21-17-33(6)18-22-35/h7-8,13-24,29H,1,3,9-12,25-28H2,2,4-6H3. The molecule has 5 rings (SSSR count). The van der Waals surface area contributed by atoms with Crippen LogP contribution in [-0.2, 0) is 24.5 Å². The average Bonchev–Trinajstić information content (AvgIpc) is 3.35. The minimum absolute atomic E-state index is 0.259. The third-order valence-electron chi connectivity index (χ3n) is 9.25. The van der Waals surface area contributed by atoms with Crippen molar-refractivity contribution in [2.75, 3.05) is 18.1 Å². The predicted octanol–water partition coefficient (Wildman–Crippen LogP) is 10.6. The van der Waals surface area contributed by atoms with Crippen molar-refractivity contribution in [3.8, 4) is 11.1 Å². The van der Waals surface area contributed by atoms with Crippen LogP contribution in [0.5, 0.6) is 0 Å². The second kappa shape index (κ2) is 15.3. The minimum Gasteiger partial charge on any atom is -0.462 e. The number of aryl methyl sites for hydroxylation is 2. The van der Waals surface area contributed by atoms with Crippen LogP contribution in [0.2, 0.25) is 0 Å². The minimum atomic E-state index is -0.345. The maximum atomic E-state index is 12.1. The van der Waals surface area contributed by atoms with Crippen LogP contribution in [0.1, 0.15) is 74.6 Å². The van der Waals surface area contributed by atoms with Crippen LogP contribution < -0.4 is 4.90 Å². The molecule has 5 heteroatoms. The van der Waals surface area contributed by atoms with Gasteiger partial charge >= 0.3 is 11.9 Å². The Morgan fingerprint density at radius 3 is 1.56 bits per heavy atom. The van der Waals surface area contributed by atoms with Crippen molar-refractivity contribution in [2.24, 2.45) is 0 Å². The van der Waals surface area contributed by atoms with Gasteiger partial charge in [0.2, 0.25) is 0 Å². The van der Waals surface area contributed by atoms with E-state index in [2.05, 4.69) is 123 Å². The molecule has 1 aliphatic carbocycles. The Morgan fingerprint density at radius 2 is 1.06 bits per heavy atom. The molecule has 0 N–H and O–H groups in total. The normalized spacial score (nSPS) is 12.5. The molecule has 0 radical (unpaired) electrons. The lowest BCUT2D eigenvalue weighted by molar-refractivity contribution is -0.139. The number of hydrogen-bond donors (Lipinski definition) is 0. The quantitative estimate of drug-likeness (QED) is 0.0734. The van der Waals surface area contributed by atoms with Crippen molar-refractivity contribution in [3.05, 3.63) is 138 Å². The van der Waals surface area contributed by atoms with Crippen molar-refractivity contribution in [1.82, 2.24) is 0 Å². The lowest BCUT2D eigenvalue weighted by Gasteiger charge is -2.34. The Bertz CT molecular complexity index is 1700. The lowest BCUT2D eigenvalue weighted by atomic mass is 9.70. The summed E-state index contributed by atoms with van der Waals surface area (Å²) in [6, 6.07) is 33.0. The zero-order valence-corrected chi connectivity index (χ0v) is 28.8. The third-order valence-corrected chi connectivity index (χ3v) is 9.25. The number of benzene rings is 4. The van der Waals surface area contributed by atoms with E-state index >= 15 is 0 Å². The molecule has 248 valence electrons. The maximum Gasteiger partial charge on any atom is 0.333 e. The number of rotatable bonds is 15. The Hall–Kier alpha value is -4.90. The first-order valence-electron chi connectivity index (χ1n) is 16.9. The zero-order valence-electron chi connectivity index (χ0n) is 28.8. The van der Waals surface area contributed by atoms with Crippen LogP contribution in [0.15, 0.2) is 115 Å². The summed E-state index contributed by atoms with van der Waals surface area (Å²) in [6.07, 6.45) is 5.06. The second-order valence-electron chi connectivity index (χ2n) is 13.1. The van der Waals surface area contributed by atoms with Gasteiger partial charge in [0.15, 0.2) is 0 Å². The summed E-state index contributed by atoms with van der Waals surface area (Å²) in [4.78, 5) is 26.4. The molecule has 5 nitrogen and oxygen atoms in total. The van der Waals surface area contributed by atoms with Crippen LogP contribution in [-0.4, -0.2) is 25.2 Å². The fraction of sp³-hybridized carbons (Fsp3) is 0.302. The molecule has 0 heterocycles. The molecule has 0 saturated carbocycles. The van der Waals surface area contributed by atoms with Gasteiger partial charge in [0.05, 0.1) is 13.2 Å². The third kappa shape index (κ3) is 7.62. The van der Waals surface area contributed by atoms with Gasteiger partial charge in [-0.15, -0.1) is 0 Å². The van der Waals surface area contributed by atoms with E-state index in [1.165, 1.54) is 33.4 Å². The number of carbonyl (C=O) groups is 2. The van der Waals surface area contributed by atoms with E-state index in [4.69, 9.17) is 9.47 Å². The Balaban J connectivity index is 1.54. The predicted molar refractivity (Wildman–Crippen MR) is 196 cm³/mol. The molecular weight excluding hydrogens is 594 g/mol. The molecule has 0 bridgehead atoms. The van der Waals surface area contributed by atoms with E-state index in [1.807, 2.05) is 0 Å². The number of carbonyl (C=O) groups excluding carboxylic acids is 2. The number of ether oxygens (including phenoxy) is 2. The molecule has 0 saturated heterocycles. The summed E-state index contributed by atoms with van der Waals surface area (Å²) in [7, 11) is 0. The van der Waals surface area contributed by atoms with Crippen LogP contribution in [0.3, 0.4) is 0 Å². The SMILES string of the molecule is C=C(C)C(=O)OCCCCC1(CCCCOC(=O)C(=C)C)c2ccccc2-c2ccc(N(c3ccc(C)cc3)c3ccc(C)cc3)cc21. The highest BCUT2D eigenvalue weighted by Gasteiger charge is 2.42. The molecule has 0 amide bonds. The average molecular weight is 642 g/mol. The molecule has 0 aliphatic heterocycles. The first-order chi connectivity index (χ1) is 23.1. The fourth-order valence-electron chi connectivity index (χ4n) is 6.71. The van der Waals surface area contributed by atoms with Crippen molar-refractivity contribution in [1.29, 1.82) is 0 Å². The lowest BCUT2D eigenvalue weighted by Crippen LogP contribution is -2.26. The zero-order chi connectivity index (χ0) is 34.3. The van der Waals surface area contributed by atoms with Crippen molar-refractivity contribution in [2.45, 2.75) is 71.6 Å². The van der Waals surface area contributed by atoms with Crippen LogP contribution in [0.25, 0.3) is 11.1 Å². The van der Waals surface area contributed by atoms with E-state index in [-0.39, 0.29) is 17.4 Å². The summed E-state index contributed by atoms with van der Waals surface area (Å²) in [5, 5.41) is 0. The molecular formula is C43H47NO4. The molecule has 0 unspecified atom stereocenters. The first-order valence-corrected chi connectivity index (χ1v) is 16.9. The Kier molecular flexibility index (Phi) is 11.0. The number of nitrogens with zero attached hydrogens (tertiary/aromatic N) is 1. The van der Waals surface area contributed by atoms with Gasteiger partial charge < -0.3 is 14.4 Å². The largest absolute Gasteiger partial charge is 0.462 e.